The number of rotatable bonds is 7. The number of quaternary nitrogens is 1. The zero-order valence-electron chi connectivity index (χ0n) is 17.1. The second-order valence-corrected chi connectivity index (χ2v) is 7.14. The third kappa shape index (κ3) is 5.66. The fraction of sp³-hybridized carbons (Fsp3) is 0.650. The van der Waals surface area contributed by atoms with Crippen molar-refractivity contribution in [2.75, 3.05) is 27.9 Å². The Bertz CT molecular complexity index is 589. The summed E-state index contributed by atoms with van der Waals surface area (Å²) >= 11 is 0. The standard InChI is InChI=1S/C20H31NO5.ClH/c1-13-8-7-9-14(2)21(13)12-15(3)26-20(22)16-10-17(23-4)19(25-6)18(11-16)24-5;/h10-11,13-15H,7-9,12H2,1-6H3;1H. The second-order valence-electron chi connectivity index (χ2n) is 7.14. The Kier molecular flexibility index (Phi) is 9.19. The molecule has 1 heterocycles. The van der Waals surface area contributed by atoms with Gasteiger partial charge in [0.05, 0.1) is 39.0 Å². The van der Waals surface area contributed by atoms with E-state index in [9.17, 15) is 4.79 Å². The minimum Gasteiger partial charge on any atom is -1.00 e. The van der Waals surface area contributed by atoms with E-state index in [0.717, 1.165) is 6.54 Å². The number of hydrogen-bond acceptors (Lipinski definition) is 5. The van der Waals surface area contributed by atoms with E-state index in [1.165, 1.54) is 45.5 Å². The van der Waals surface area contributed by atoms with Crippen molar-refractivity contribution >= 4 is 5.97 Å². The molecule has 1 N–H and O–H groups in total. The van der Waals surface area contributed by atoms with Gasteiger partial charge in [-0.2, -0.15) is 0 Å². The van der Waals surface area contributed by atoms with Gasteiger partial charge < -0.3 is 36.3 Å². The molecule has 3 unspecified atom stereocenters. The highest BCUT2D eigenvalue weighted by Gasteiger charge is 2.31. The van der Waals surface area contributed by atoms with Crippen LogP contribution in [0, 0.1) is 0 Å². The van der Waals surface area contributed by atoms with Gasteiger partial charge in [-0.3, -0.25) is 0 Å². The Balaban J connectivity index is 0.00000364. The predicted octanol–water partition coefficient (Wildman–Crippen LogP) is -0.892. The maximum Gasteiger partial charge on any atom is 0.338 e. The summed E-state index contributed by atoms with van der Waals surface area (Å²) < 4.78 is 21.6. The summed E-state index contributed by atoms with van der Waals surface area (Å²) in [6, 6.07) is 4.44. The molecule has 1 aromatic rings. The summed E-state index contributed by atoms with van der Waals surface area (Å²) in [7, 11) is 4.58. The van der Waals surface area contributed by atoms with Crippen LogP contribution in [0.5, 0.6) is 17.2 Å². The molecule has 6 nitrogen and oxygen atoms in total. The molecule has 0 saturated carbocycles. The average Bonchev–Trinajstić information content (AvgIpc) is 2.63. The van der Waals surface area contributed by atoms with Crippen LogP contribution in [-0.2, 0) is 4.74 Å². The van der Waals surface area contributed by atoms with E-state index in [0.29, 0.717) is 34.9 Å². The minimum atomic E-state index is -0.381. The number of halogens is 1. The van der Waals surface area contributed by atoms with Crippen molar-refractivity contribution in [3.05, 3.63) is 17.7 Å². The Morgan fingerprint density at radius 3 is 2.04 bits per heavy atom. The number of piperidine rings is 1. The number of hydrogen-bond donors (Lipinski definition) is 1. The molecule has 3 atom stereocenters. The van der Waals surface area contributed by atoms with E-state index in [4.69, 9.17) is 18.9 Å². The molecule has 154 valence electrons. The maximum atomic E-state index is 12.6. The second kappa shape index (κ2) is 10.6. The van der Waals surface area contributed by atoms with Crippen molar-refractivity contribution in [1.82, 2.24) is 0 Å². The van der Waals surface area contributed by atoms with Gasteiger partial charge in [-0.1, -0.05) is 0 Å². The van der Waals surface area contributed by atoms with Gasteiger partial charge in [0.2, 0.25) is 5.75 Å². The van der Waals surface area contributed by atoms with Crippen molar-refractivity contribution < 1.29 is 41.0 Å². The predicted molar refractivity (Wildman–Crippen MR) is 99.6 cm³/mol. The lowest BCUT2D eigenvalue weighted by atomic mass is 9.97. The first-order chi connectivity index (χ1) is 12.4. The summed E-state index contributed by atoms with van der Waals surface area (Å²) in [6.07, 6.45) is 3.57. The molecule has 0 amide bonds. The molecule has 1 aromatic carbocycles. The monoisotopic (exact) mass is 401 g/mol. The average molecular weight is 402 g/mol. The maximum absolute atomic E-state index is 12.6. The van der Waals surface area contributed by atoms with Crippen LogP contribution in [0.4, 0.5) is 0 Å². The van der Waals surface area contributed by atoms with Crippen LogP contribution in [0.25, 0.3) is 0 Å². The molecule has 1 aliphatic rings. The third-order valence-corrected chi connectivity index (χ3v) is 5.27. The van der Waals surface area contributed by atoms with Crippen LogP contribution in [0.15, 0.2) is 12.1 Å². The van der Waals surface area contributed by atoms with E-state index in [-0.39, 0.29) is 24.5 Å². The van der Waals surface area contributed by atoms with Gasteiger partial charge in [-0.25, -0.2) is 4.79 Å². The molecule has 0 aromatic heterocycles. The SMILES string of the molecule is COc1cc(C(=O)OC(C)C[NH+]2C(C)CCCC2C)cc(OC)c1OC.[Cl-]. The molecule has 1 saturated heterocycles. The number of ether oxygens (including phenoxy) is 4. The summed E-state index contributed by atoms with van der Waals surface area (Å²) in [5.41, 5.74) is 0.390. The van der Waals surface area contributed by atoms with Gasteiger partial charge in [0.1, 0.15) is 12.6 Å². The van der Waals surface area contributed by atoms with Gasteiger partial charge in [0.25, 0.3) is 0 Å². The summed E-state index contributed by atoms with van der Waals surface area (Å²) in [4.78, 5) is 14.1. The molecular formula is C20H32ClNO5. The molecule has 1 fully saturated rings. The zero-order chi connectivity index (χ0) is 19.3. The van der Waals surface area contributed by atoms with Crippen LogP contribution >= 0.6 is 0 Å². The summed E-state index contributed by atoms with van der Waals surface area (Å²) in [6.45, 7) is 7.33. The van der Waals surface area contributed by atoms with Crippen LogP contribution in [-0.4, -0.2) is 52.0 Å². The number of nitrogens with one attached hydrogen (secondary N) is 1. The van der Waals surface area contributed by atoms with Gasteiger partial charge >= 0.3 is 5.97 Å². The lowest BCUT2D eigenvalue weighted by Gasteiger charge is -2.37. The number of likely N-dealkylation sites (tertiary alicyclic amines) is 1. The lowest BCUT2D eigenvalue weighted by Crippen LogP contribution is -3.20. The molecule has 0 radical (unpaired) electrons. The van der Waals surface area contributed by atoms with Gasteiger partial charge in [-0.05, 0) is 52.2 Å². The van der Waals surface area contributed by atoms with E-state index >= 15 is 0 Å². The smallest absolute Gasteiger partial charge is 0.338 e. The van der Waals surface area contributed by atoms with E-state index in [1.54, 1.807) is 12.1 Å². The topological polar surface area (TPSA) is 58.4 Å². The number of methoxy groups -OCH3 is 3. The first kappa shape index (κ1) is 23.4. The minimum absolute atomic E-state index is 0. The van der Waals surface area contributed by atoms with E-state index in [1.807, 2.05) is 6.92 Å². The van der Waals surface area contributed by atoms with Crippen LogP contribution in [0.3, 0.4) is 0 Å². The highest BCUT2D eigenvalue weighted by molar-refractivity contribution is 5.91. The largest absolute Gasteiger partial charge is 1.00 e. The van der Waals surface area contributed by atoms with Crippen molar-refractivity contribution in [2.45, 2.75) is 58.2 Å². The van der Waals surface area contributed by atoms with Crippen LogP contribution in [0.1, 0.15) is 50.4 Å². The first-order valence-electron chi connectivity index (χ1n) is 9.27. The fourth-order valence-electron chi connectivity index (χ4n) is 3.81. The quantitative estimate of drug-likeness (QED) is 0.601. The Morgan fingerprint density at radius 2 is 1.59 bits per heavy atom. The van der Waals surface area contributed by atoms with Gasteiger partial charge in [0.15, 0.2) is 11.5 Å². The van der Waals surface area contributed by atoms with Gasteiger partial charge in [0, 0.05) is 0 Å². The number of benzene rings is 1. The molecule has 7 heteroatoms. The van der Waals surface area contributed by atoms with Crippen LogP contribution in [0.2, 0.25) is 0 Å². The third-order valence-electron chi connectivity index (χ3n) is 5.27. The number of esters is 1. The van der Waals surface area contributed by atoms with Gasteiger partial charge in [-0.15, -0.1) is 0 Å². The van der Waals surface area contributed by atoms with Crippen LogP contribution < -0.4 is 31.5 Å². The highest BCUT2D eigenvalue weighted by Crippen LogP contribution is 2.38. The fourth-order valence-corrected chi connectivity index (χ4v) is 3.81. The van der Waals surface area contributed by atoms with Crippen molar-refractivity contribution in [3.8, 4) is 17.2 Å². The van der Waals surface area contributed by atoms with Crippen molar-refractivity contribution in [2.24, 2.45) is 0 Å². The first-order valence-corrected chi connectivity index (χ1v) is 9.27. The molecule has 0 aliphatic carbocycles. The molecule has 27 heavy (non-hydrogen) atoms. The Labute approximate surface area is 168 Å². The summed E-state index contributed by atoms with van der Waals surface area (Å²) in [5.74, 6) is 0.958. The molecule has 0 spiro atoms. The molecule has 1 aliphatic heterocycles. The van der Waals surface area contributed by atoms with E-state index < -0.39 is 0 Å². The Hall–Kier alpha value is -1.66. The van der Waals surface area contributed by atoms with Crippen molar-refractivity contribution in [1.29, 1.82) is 0 Å². The highest BCUT2D eigenvalue weighted by atomic mass is 35.5. The number of carbonyl (C=O) groups excluding carboxylic acids is 1. The number of carbonyl (C=O) groups is 1. The normalized spacial score (nSPS) is 23.0. The zero-order valence-corrected chi connectivity index (χ0v) is 17.9. The summed E-state index contributed by atoms with van der Waals surface area (Å²) in [5, 5.41) is 0. The van der Waals surface area contributed by atoms with E-state index in [2.05, 4.69) is 13.8 Å². The Morgan fingerprint density at radius 1 is 1.07 bits per heavy atom. The molecular weight excluding hydrogens is 370 g/mol. The molecule has 0 bridgehead atoms. The van der Waals surface area contributed by atoms with Crippen molar-refractivity contribution in [3.63, 3.8) is 0 Å². The molecule has 2 rings (SSSR count). The lowest BCUT2D eigenvalue weighted by molar-refractivity contribution is -0.953.